The van der Waals surface area contributed by atoms with Gasteiger partial charge in [0.2, 0.25) is 5.95 Å². The minimum Gasteiger partial charge on any atom is -0.352 e. The Hall–Kier alpha value is -2.50. The molecule has 1 amide bonds. The molecule has 0 aliphatic carbocycles. The van der Waals surface area contributed by atoms with Crippen LogP contribution >= 0.6 is 0 Å². The number of anilines is 1. The topological polar surface area (TPSA) is 79.8 Å². The number of amides is 1. The Kier molecular flexibility index (Phi) is 4.81. The Morgan fingerprint density at radius 3 is 2.76 bits per heavy atom. The van der Waals surface area contributed by atoms with E-state index in [1.165, 1.54) is 0 Å². The summed E-state index contributed by atoms with van der Waals surface area (Å²) in [6.45, 7) is 6.19. The van der Waals surface area contributed by atoms with Gasteiger partial charge in [-0.05, 0) is 39.0 Å². The van der Waals surface area contributed by atoms with Crippen LogP contribution in [0.1, 0.15) is 35.7 Å². The molecule has 0 fully saturated rings. The van der Waals surface area contributed by atoms with Gasteiger partial charge in [0.1, 0.15) is 5.69 Å². The zero-order chi connectivity index (χ0) is 15.2. The number of aryl methyl sites for hydroxylation is 1. The van der Waals surface area contributed by atoms with Crippen LogP contribution in [0.15, 0.2) is 30.5 Å². The molecule has 2 N–H and O–H groups in total. The SMILES string of the molecule is Cc1cc(C(=O)NCc2ccccn2)nc(NC(C)C)n1. The van der Waals surface area contributed by atoms with Gasteiger partial charge in [0, 0.05) is 17.9 Å². The number of nitrogens with zero attached hydrogens (tertiary/aromatic N) is 3. The molecule has 2 aromatic heterocycles. The number of nitrogens with one attached hydrogen (secondary N) is 2. The highest BCUT2D eigenvalue weighted by Crippen LogP contribution is 2.06. The third-order valence-corrected chi connectivity index (χ3v) is 2.66. The van der Waals surface area contributed by atoms with E-state index < -0.39 is 0 Å². The van der Waals surface area contributed by atoms with Gasteiger partial charge in [0.05, 0.1) is 12.2 Å². The molecular formula is C15H19N5O. The van der Waals surface area contributed by atoms with Crippen LogP contribution in [0, 0.1) is 6.92 Å². The van der Waals surface area contributed by atoms with Crippen molar-refractivity contribution in [3.8, 4) is 0 Å². The number of hydrogen-bond acceptors (Lipinski definition) is 5. The van der Waals surface area contributed by atoms with Gasteiger partial charge in [-0.2, -0.15) is 0 Å². The van der Waals surface area contributed by atoms with Gasteiger partial charge in [-0.3, -0.25) is 9.78 Å². The highest BCUT2D eigenvalue weighted by Gasteiger charge is 2.11. The van der Waals surface area contributed by atoms with E-state index in [0.717, 1.165) is 11.4 Å². The lowest BCUT2D eigenvalue weighted by Gasteiger charge is -2.10. The Labute approximate surface area is 124 Å². The van der Waals surface area contributed by atoms with E-state index in [1.54, 1.807) is 12.3 Å². The van der Waals surface area contributed by atoms with Gasteiger partial charge >= 0.3 is 0 Å². The summed E-state index contributed by atoms with van der Waals surface area (Å²) in [7, 11) is 0. The third-order valence-electron chi connectivity index (χ3n) is 2.66. The number of aromatic nitrogens is 3. The highest BCUT2D eigenvalue weighted by molar-refractivity contribution is 5.92. The van der Waals surface area contributed by atoms with Crippen LogP contribution in [-0.2, 0) is 6.54 Å². The van der Waals surface area contributed by atoms with Gasteiger partial charge in [-0.25, -0.2) is 9.97 Å². The zero-order valence-electron chi connectivity index (χ0n) is 12.4. The van der Waals surface area contributed by atoms with E-state index in [1.807, 2.05) is 39.0 Å². The average molecular weight is 285 g/mol. The number of hydrogen-bond donors (Lipinski definition) is 2. The minimum absolute atomic E-state index is 0.205. The summed E-state index contributed by atoms with van der Waals surface area (Å²) < 4.78 is 0. The van der Waals surface area contributed by atoms with Gasteiger partial charge < -0.3 is 10.6 Å². The summed E-state index contributed by atoms with van der Waals surface area (Å²) in [5.74, 6) is 0.228. The van der Waals surface area contributed by atoms with Crippen LogP contribution in [0.5, 0.6) is 0 Å². The molecule has 0 unspecified atom stereocenters. The number of pyridine rings is 1. The molecular weight excluding hydrogens is 266 g/mol. The first-order chi connectivity index (χ1) is 10.0. The van der Waals surface area contributed by atoms with E-state index in [9.17, 15) is 4.79 Å². The average Bonchev–Trinajstić information content (AvgIpc) is 2.44. The molecule has 0 saturated heterocycles. The maximum absolute atomic E-state index is 12.2. The first-order valence-corrected chi connectivity index (χ1v) is 6.85. The number of carbonyl (C=O) groups excluding carboxylic acids is 1. The Bertz CT molecular complexity index is 613. The van der Waals surface area contributed by atoms with Crippen molar-refractivity contribution in [2.75, 3.05) is 5.32 Å². The minimum atomic E-state index is -0.238. The molecule has 0 aliphatic heterocycles. The molecule has 0 bridgehead atoms. The highest BCUT2D eigenvalue weighted by atomic mass is 16.1. The molecule has 21 heavy (non-hydrogen) atoms. The number of rotatable bonds is 5. The Balaban J connectivity index is 2.06. The van der Waals surface area contributed by atoms with Crippen LogP contribution in [0.25, 0.3) is 0 Å². The van der Waals surface area contributed by atoms with Crippen molar-refractivity contribution in [2.24, 2.45) is 0 Å². The summed E-state index contributed by atoms with van der Waals surface area (Å²) in [6.07, 6.45) is 1.70. The fourth-order valence-corrected chi connectivity index (χ4v) is 1.77. The van der Waals surface area contributed by atoms with Gasteiger partial charge in [0.25, 0.3) is 5.91 Å². The first kappa shape index (κ1) is 14.9. The van der Waals surface area contributed by atoms with E-state index in [4.69, 9.17) is 0 Å². The van der Waals surface area contributed by atoms with Crippen molar-refractivity contribution < 1.29 is 4.79 Å². The van der Waals surface area contributed by atoms with Crippen molar-refractivity contribution in [1.29, 1.82) is 0 Å². The lowest BCUT2D eigenvalue weighted by molar-refractivity contribution is 0.0945. The van der Waals surface area contributed by atoms with Crippen LogP contribution in [0.3, 0.4) is 0 Å². The molecule has 110 valence electrons. The second kappa shape index (κ2) is 6.78. The molecule has 2 aromatic rings. The molecule has 0 aromatic carbocycles. The lowest BCUT2D eigenvalue weighted by atomic mass is 10.3. The predicted molar refractivity (Wildman–Crippen MR) is 80.9 cm³/mol. The summed E-state index contributed by atoms with van der Waals surface area (Å²) in [4.78, 5) is 24.8. The monoisotopic (exact) mass is 285 g/mol. The van der Waals surface area contributed by atoms with Gasteiger partial charge in [0.15, 0.2) is 0 Å². The molecule has 2 rings (SSSR count). The van der Waals surface area contributed by atoms with Crippen LogP contribution in [-0.4, -0.2) is 26.9 Å². The summed E-state index contributed by atoms with van der Waals surface area (Å²) in [5, 5.41) is 5.90. The molecule has 0 radical (unpaired) electrons. The van der Waals surface area contributed by atoms with Gasteiger partial charge in [-0.15, -0.1) is 0 Å². The smallest absolute Gasteiger partial charge is 0.270 e. The quantitative estimate of drug-likeness (QED) is 0.877. The van der Waals surface area contributed by atoms with E-state index in [0.29, 0.717) is 18.2 Å². The zero-order valence-corrected chi connectivity index (χ0v) is 12.4. The summed E-state index contributed by atoms with van der Waals surface area (Å²) in [5.41, 5.74) is 1.90. The second-order valence-corrected chi connectivity index (χ2v) is 5.02. The summed E-state index contributed by atoms with van der Waals surface area (Å²) >= 11 is 0. The van der Waals surface area contributed by atoms with E-state index in [2.05, 4.69) is 25.6 Å². The lowest BCUT2D eigenvalue weighted by Crippen LogP contribution is -2.25. The first-order valence-electron chi connectivity index (χ1n) is 6.85. The fourth-order valence-electron chi connectivity index (χ4n) is 1.77. The molecule has 2 heterocycles. The predicted octanol–water partition coefficient (Wildman–Crippen LogP) is 1.93. The largest absolute Gasteiger partial charge is 0.352 e. The van der Waals surface area contributed by atoms with E-state index in [-0.39, 0.29) is 11.9 Å². The Morgan fingerprint density at radius 1 is 1.29 bits per heavy atom. The van der Waals surface area contributed by atoms with Crippen LogP contribution in [0.4, 0.5) is 5.95 Å². The molecule has 0 spiro atoms. The van der Waals surface area contributed by atoms with Crippen molar-refractivity contribution in [2.45, 2.75) is 33.4 Å². The summed E-state index contributed by atoms with van der Waals surface area (Å²) in [6, 6.07) is 7.45. The van der Waals surface area contributed by atoms with Crippen molar-refractivity contribution in [3.63, 3.8) is 0 Å². The molecule has 6 heteroatoms. The maximum atomic E-state index is 12.2. The van der Waals surface area contributed by atoms with Crippen molar-refractivity contribution in [1.82, 2.24) is 20.3 Å². The van der Waals surface area contributed by atoms with Crippen LogP contribution in [0.2, 0.25) is 0 Å². The molecule has 0 aliphatic rings. The second-order valence-electron chi connectivity index (χ2n) is 5.02. The molecule has 0 atom stereocenters. The van der Waals surface area contributed by atoms with Gasteiger partial charge in [-0.1, -0.05) is 6.07 Å². The standard InChI is InChI=1S/C15H19N5O/c1-10(2)18-15-19-11(3)8-13(20-15)14(21)17-9-12-6-4-5-7-16-12/h4-8,10H,9H2,1-3H3,(H,17,21)(H,18,19,20). The Morgan fingerprint density at radius 2 is 2.10 bits per heavy atom. The molecule has 6 nitrogen and oxygen atoms in total. The van der Waals surface area contributed by atoms with E-state index >= 15 is 0 Å². The van der Waals surface area contributed by atoms with Crippen molar-refractivity contribution in [3.05, 3.63) is 47.5 Å². The normalized spacial score (nSPS) is 10.5. The number of carbonyl (C=O) groups is 1. The van der Waals surface area contributed by atoms with Crippen molar-refractivity contribution >= 4 is 11.9 Å². The molecule has 0 saturated carbocycles. The fraction of sp³-hybridized carbons (Fsp3) is 0.333. The van der Waals surface area contributed by atoms with Crippen LogP contribution < -0.4 is 10.6 Å². The third kappa shape index (κ3) is 4.52. The maximum Gasteiger partial charge on any atom is 0.270 e.